The van der Waals surface area contributed by atoms with Gasteiger partial charge in [-0.25, -0.2) is 0 Å². The molecule has 1 aliphatic heterocycles. The molecule has 17 heavy (non-hydrogen) atoms. The summed E-state index contributed by atoms with van der Waals surface area (Å²) in [5.74, 6) is 0. The van der Waals surface area contributed by atoms with Crippen LogP contribution in [-0.2, 0) is 4.74 Å². The number of alkyl halides is 3. The predicted octanol–water partition coefficient (Wildman–Crippen LogP) is 1.64. The minimum atomic E-state index is -4.12. The van der Waals surface area contributed by atoms with Gasteiger partial charge in [0.25, 0.3) is 0 Å². The number of halogens is 3. The van der Waals surface area contributed by atoms with E-state index < -0.39 is 12.7 Å². The third-order valence-corrected chi connectivity index (χ3v) is 2.88. The summed E-state index contributed by atoms with van der Waals surface area (Å²) in [7, 11) is 0. The van der Waals surface area contributed by atoms with Crippen LogP contribution in [-0.4, -0.2) is 56.0 Å². The fraction of sp³-hybridized carbons (Fsp3) is 1.00. The van der Waals surface area contributed by atoms with Crippen LogP contribution in [0.1, 0.15) is 20.3 Å². The molecule has 1 heterocycles. The number of nitrogens with one attached hydrogen (secondary N) is 1. The molecule has 0 radical (unpaired) electrons. The highest BCUT2D eigenvalue weighted by Gasteiger charge is 2.31. The number of hydrogen-bond donors (Lipinski definition) is 1. The van der Waals surface area contributed by atoms with Gasteiger partial charge in [0.1, 0.15) is 0 Å². The number of rotatable bonds is 5. The van der Waals surface area contributed by atoms with Gasteiger partial charge in [0, 0.05) is 25.2 Å². The summed E-state index contributed by atoms with van der Waals surface area (Å²) in [5.41, 5.74) is 0. The van der Waals surface area contributed by atoms with Crippen LogP contribution in [0.4, 0.5) is 13.2 Å². The molecule has 1 rings (SSSR count). The highest BCUT2D eigenvalue weighted by molar-refractivity contribution is 4.74. The summed E-state index contributed by atoms with van der Waals surface area (Å²) < 4.78 is 42.3. The zero-order valence-corrected chi connectivity index (χ0v) is 10.4. The van der Waals surface area contributed by atoms with Crippen molar-refractivity contribution >= 4 is 0 Å². The molecule has 1 unspecified atom stereocenters. The van der Waals surface area contributed by atoms with Gasteiger partial charge >= 0.3 is 6.18 Å². The van der Waals surface area contributed by atoms with E-state index in [4.69, 9.17) is 4.74 Å². The molecule has 3 nitrogen and oxygen atoms in total. The normalized spacial score (nSPS) is 22.4. The molecule has 0 amide bonds. The molecule has 1 fully saturated rings. The molecular formula is C11H21F3N2O. The van der Waals surface area contributed by atoms with Crippen molar-refractivity contribution in [2.24, 2.45) is 0 Å². The van der Waals surface area contributed by atoms with E-state index in [1.54, 1.807) is 13.8 Å². The van der Waals surface area contributed by atoms with Crippen molar-refractivity contribution in [3.63, 3.8) is 0 Å². The van der Waals surface area contributed by atoms with Gasteiger partial charge in [0.05, 0.1) is 19.8 Å². The van der Waals surface area contributed by atoms with Crippen molar-refractivity contribution in [3.05, 3.63) is 0 Å². The van der Waals surface area contributed by atoms with E-state index in [0.717, 1.165) is 6.54 Å². The number of ether oxygens (including phenoxy) is 1. The summed E-state index contributed by atoms with van der Waals surface area (Å²) in [4.78, 5) is 1.45. The van der Waals surface area contributed by atoms with Crippen LogP contribution >= 0.6 is 0 Å². The zero-order valence-electron chi connectivity index (χ0n) is 10.4. The monoisotopic (exact) mass is 254 g/mol. The van der Waals surface area contributed by atoms with Crippen LogP contribution in [0.15, 0.2) is 0 Å². The Morgan fingerprint density at radius 1 is 1.41 bits per heavy atom. The first kappa shape index (κ1) is 14.7. The lowest BCUT2D eigenvalue weighted by Gasteiger charge is -2.30. The SMILES string of the molecule is CC(C)N(CCC1COCCN1)CC(F)(F)F. The van der Waals surface area contributed by atoms with Crippen molar-refractivity contribution in [3.8, 4) is 0 Å². The van der Waals surface area contributed by atoms with E-state index in [2.05, 4.69) is 5.32 Å². The summed E-state index contributed by atoms with van der Waals surface area (Å²) in [6.07, 6.45) is -3.44. The third-order valence-electron chi connectivity index (χ3n) is 2.88. The Labute approximate surface area is 100 Å². The van der Waals surface area contributed by atoms with Crippen LogP contribution in [0, 0.1) is 0 Å². The zero-order chi connectivity index (χ0) is 12.9. The number of nitrogens with zero attached hydrogens (tertiary/aromatic N) is 1. The molecule has 6 heteroatoms. The van der Waals surface area contributed by atoms with Crippen LogP contribution in [0.2, 0.25) is 0 Å². The topological polar surface area (TPSA) is 24.5 Å². The minimum absolute atomic E-state index is 0.0962. The Morgan fingerprint density at radius 2 is 2.12 bits per heavy atom. The average molecular weight is 254 g/mol. The van der Waals surface area contributed by atoms with E-state index in [1.165, 1.54) is 4.90 Å². The lowest BCUT2D eigenvalue weighted by atomic mass is 10.1. The van der Waals surface area contributed by atoms with Gasteiger partial charge in [-0.15, -0.1) is 0 Å². The molecule has 0 bridgehead atoms. The number of hydrogen-bond acceptors (Lipinski definition) is 3. The van der Waals surface area contributed by atoms with Crippen LogP contribution < -0.4 is 5.32 Å². The average Bonchev–Trinajstić information content (AvgIpc) is 2.24. The molecule has 1 atom stereocenters. The Bertz CT molecular complexity index is 215. The molecule has 0 saturated carbocycles. The van der Waals surface area contributed by atoms with Crippen molar-refractivity contribution in [2.45, 2.75) is 38.5 Å². The highest BCUT2D eigenvalue weighted by atomic mass is 19.4. The second kappa shape index (κ2) is 6.56. The Morgan fingerprint density at radius 3 is 2.59 bits per heavy atom. The summed E-state index contributed by atoms with van der Waals surface area (Å²) in [5, 5.41) is 3.24. The summed E-state index contributed by atoms with van der Waals surface area (Å²) in [6, 6.07) is 0.0827. The Balaban J connectivity index is 2.33. The Hall–Kier alpha value is -0.330. The lowest BCUT2D eigenvalue weighted by molar-refractivity contribution is -0.150. The van der Waals surface area contributed by atoms with Crippen LogP contribution in [0.5, 0.6) is 0 Å². The summed E-state index contributed by atoms with van der Waals surface area (Å²) in [6.45, 7) is 5.25. The second-order valence-corrected chi connectivity index (χ2v) is 4.69. The quantitative estimate of drug-likeness (QED) is 0.807. The maximum absolute atomic E-state index is 12.3. The van der Waals surface area contributed by atoms with Crippen molar-refractivity contribution in [1.29, 1.82) is 0 Å². The van der Waals surface area contributed by atoms with Gasteiger partial charge in [0.2, 0.25) is 0 Å². The minimum Gasteiger partial charge on any atom is -0.379 e. The molecule has 0 spiro atoms. The van der Waals surface area contributed by atoms with Gasteiger partial charge in [-0.05, 0) is 20.3 Å². The second-order valence-electron chi connectivity index (χ2n) is 4.69. The third kappa shape index (κ3) is 6.24. The van der Waals surface area contributed by atoms with Crippen molar-refractivity contribution in [1.82, 2.24) is 10.2 Å². The molecule has 1 N–H and O–H groups in total. The lowest BCUT2D eigenvalue weighted by Crippen LogP contribution is -2.45. The van der Waals surface area contributed by atoms with E-state index in [9.17, 15) is 13.2 Å². The van der Waals surface area contributed by atoms with E-state index in [1.807, 2.05) is 0 Å². The van der Waals surface area contributed by atoms with Gasteiger partial charge < -0.3 is 10.1 Å². The predicted molar refractivity (Wildman–Crippen MR) is 60.0 cm³/mol. The van der Waals surface area contributed by atoms with Gasteiger partial charge in [-0.2, -0.15) is 13.2 Å². The van der Waals surface area contributed by atoms with Crippen molar-refractivity contribution < 1.29 is 17.9 Å². The maximum atomic E-state index is 12.3. The van der Waals surface area contributed by atoms with Crippen LogP contribution in [0.25, 0.3) is 0 Å². The standard InChI is InChI=1S/C11H21F3N2O/c1-9(2)16(8-11(12,13)14)5-3-10-7-17-6-4-15-10/h9-10,15H,3-8H2,1-2H3. The molecule has 102 valence electrons. The van der Waals surface area contributed by atoms with E-state index >= 15 is 0 Å². The van der Waals surface area contributed by atoms with Crippen LogP contribution in [0.3, 0.4) is 0 Å². The van der Waals surface area contributed by atoms with Gasteiger partial charge in [0.15, 0.2) is 0 Å². The number of morpholine rings is 1. The molecular weight excluding hydrogens is 233 g/mol. The van der Waals surface area contributed by atoms with E-state index in [-0.39, 0.29) is 12.1 Å². The summed E-state index contributed by atoms with van der Waals surface area (Å²) >= 11 is 0. The van der Waals surface area contributed by atoms with Crippen molar-refractivity contribution in [2.75, 3.05) is 32.8 Å². The molecule has 1 saturated heterocycles. The highest BCUT2D eigenvalue weighted by Crippen LogP contribution is 2.18. The molecule has 0 aromatic heterocycles. The fourth-order valence-electron chi connectivity index (χ4n) is 1.88. The first-order valence-electron chi connectivity index (χ1n) is 6.00. The smallest absolute Gasteiger partial charge is 0.379 e. The molecule has 0 aliphatic carbocycles. The first-order valence-corrected chi connectivity index (χ1v) is 6.00. The molecule has 0 aromatic carbocycles. The van der Waals surface area contributed by atoms with Gasteiger partial charge in [-0.3, -0.25) is 4.90 Å². The molecule has 1 aliphatic rings. The first-order chi connectivity index (χ1) is 7.88. The fourth-order valence-corrected chi connectivity index (χ4v) is 1.88. The Kier molecular flexibility index (Phi) is 5.69. The maximum Gasteiger partial charge on any atom is 0.401 e. The van der Waals surface area contributed by atoms with Gasteiger partial charge in [-0.1, -0.05) is 0 Å². The van der Waals surface area contributed by atoms with E-state index in [0.29, 0.717) is 26.2 Å². The molecule has 0 aromatic rings. The largest absolute Gasteiger partial charge is 0.401 e.